The molecule has 0 aliphatic carbocycles. The zero-order valence-corrected chi connectivity index (χ0v) is 12.4. The monoisotopic (exact) mass is 290 g/mol. The number of carbonyl (C=O) groups is 2. The molecule has 1 fully saturated rings. The second-order valence-corrected chi connectivity index (χ2v) is 5.26. The topological polar surface area (TPSA) is 58.6 Å². The molecular formula is C16H22N2O3. The zero-order valence-electron chi connectivity index (χ0n) is 12.4. The second kappa shape index (κ2) is 7.78. The van der Waals surface area contributed by atoms with E-state index in [1.54, 1.807) is 6.92 Å². The Morgan fingerprint density at radius 3 is 2.81 bits per heavy atom. The number of amides is 1. The van der Waals surface area contributed by atoms with Crippen LogP contribution in [0.4, 0.5) is 0 Å². The lowest BCUT2D eigenvalue weighted by Crippen LogP contribution is -2.38. The predicted molar refractivity (Wildman–Crippen MR) is 79.5 cm³/mol. The summed E-state index contributed by atoms with van der Waals surface area (Å²) in [6.45, 7) is 4.71. The summed E-state index contributed by atoms with van der Waals surface area (Å²) >= 11 is 0. The molecule has 1 heterocycles. The molecule has 1 unspecified atom stereocenters. The Morgan fingerprint density at radius 2 is 2.10 bits per heavy atom. The van der Waals surface area contributed by atoms with Gasteiger partial charge in [0.25, 0.3) is 0 Å². The molecule has 1 atom stereocenters. The molecular weight excluding hydrogens is 268 g/mol. The first-order valence-electron chi connectivity index (χ1n) is 7.38. The van der Waals surface area contributed by atoms with Crippen LogP contribution in [0.2, 0.25) is 0 Å². The van der Waals surface area contributed by atoms with Gasteiger partial charge in [-0.15, -0.1) is 0 Å². The number of nitrogens with zero attached hydrogens (tertiary/aromatic N) is 1. The summed E-state index contributed by atoms with van der Waals surface area (Å²) in [4.78, 5) is 25.3. The number of esters is 1. The molecule has 114 valence electrons. The molecule has 1 saturated heterocycles. The lowest BCUT2D eigenvalue weighted by molar-refractivity contribution is -0.146. The number of rotatable bonds is 6. The molecule has 0 bridgehead atoms. The van der Waals surface area contributed by atoms with Crippen molar-refractivity contribution >= 4 is 11.9 Å². The summed E-state index contributed by atoms with van der Waals surface area (Å²) in [5, 5.41) is 2.90. The molecule has 2 rings (SSSR count). The Bertz CT molecular complexity index is 476. The van der Waals surface area contributed by atoms with Gasteiger partial charge in [0.05, 0.1) is 6.61 Å². The van der Waals surface area contributed by atoms with Gasteiger partial charge in [0.15, 0.2) is 0 Å². The molecule has 5 heteroatoms. The van der Waals surface area contributed by atoms with E-state index < -0.39 is 5.97 Å². The first-order valence-corrected chi connectivity index (χ1v) is 7.38. The smallest absolute Gasteiger partial charge is 0.315 e. The van der Waals surface area contributed by atoms with Gasteiger partial charge >= 0.3 is 5.97 Å². The maximum atomic E-state index is 11.7. The Balaban J connectivity index is 1.72. The van der Waals surface area contributed by atoms with Crippen molar-refractivity contribution in [1.82, 2.24) is 10.2 Å². The van der Waals surface area contributed by atoms with E-state index in [0.29, 0.717) is 6.61 Å². The lowest BCUT2D eigenvalue weighted by atomic mass is 10.2. The van der Waals surface area contributed by atoms with E-state index >= 15 is 0 Å². The van der Waals surface area contributed by atoms with Gasteiger partial charge in [0.1, 0.15) is 6.42 Å². The maximum Gasteiger partial charge on any atom is 0.315 e. The minimum atomic E-state index is -0.464. The summed E-state index contributed by atoms with van der Waals surface area (Å²) < 4.78 is 4.77. The number of hydrogen-bond acceptors (Lipinski definition) is 4. The van der Waals surface area contributed by atoms with Crippen LogP contribution in [-0.2, 0) is 20.9 Å². The minimum Gasteiger partial charge on any atom is -0.466 e. The molecule has 1 aliphatic heterocycles. The third kappa shape index (κ3) is 5.19. The van der Waals surface area contributed by atoms with Crippen molar-refractivity contribution in [3.8, 4) is 0 Å². The maximum absolute atomic E-state index is 11.7. The summed E-state index contributed by atoms with van der Waals surface area (Å²) in [7, 11) is 0. The summed E-state index contributed by atoms with van der Waals surface area (Å²) in [6.07, 6.45) is 0.727. The number of hydrogen-bond donors (Lipinski definition) is 1. The van der Waals surface area contributed by atoms with Gasteiger partial charge in [-0.3, -0.25) is 14.5 Å². The highest BCUT2D eigenvalue weighted by molar-refractivity contribution is 5.94. The Hall–Kier alpha value is -1.88. The normalized spacial score (nSPS) is 18.4. The molecule has 5 nitrogen and oxygen atoms in total. The van der Waals surface area contributed by atoms with E-state index in [4.69, 9.17) is 4.74 Å². The van der Waals surface area contributed by atoms with Gasteiger partial charge in [-0.1, -0.05) is 30.3 Å². The number of ether oxygens (including phenoxy) is 1. The molecule has 21 heavy (non-hydrogen) atoms. The summed E-state index contributed by atoms with van der Waals surface area (Å²) in [5.74, 6) is -0.714. The van der Waals surface area contributed by atoms with E-state index in [2.05, 4.69) is 22.3 Å². The Morgan fingerprint density at radius 1 is 1.33 bits per heavy atom. The van der Waals surface area contributed by atoms with Crippen molar-refractivity contribution in [2.45, 2.75) is 32.4 Å². The van der Waals surface area contributed by atoms with Crippen LogP contribution < -0.4 is 5.32 Å². The number of carbonyl (C=O) groups excluding carboxylic acids is 2. The number of likely N-dealkylation sites (tertiary alicyclic amines) is 1. The molecule has 1 aromatic rings. The van der Waals surface area contributed by atoms with E-state index in [1.165, 1.54) is 5.56 Å². The van der Waals surface area contributed by atoms with Crippen molar-refractivity contribution in [2.24, 2.45) is 0 Å². The fourth-order valence-electron chi connectivity index (χ4n) is 2.56. The van der Waals surface area contributed by atoms with Crippen molar-refractivity contribution in [3.05, 3.63) is 35.9 Å². The summed E-state index contributed by atoms with van der Waals surface area (Å²) in [5.41, 5.74) is 1.27. The standard InChI is InChI=1S/C16H22N2O3/c1-2-21-16(20)10-15(19)17-14-8-9-18(12-14)11-13-6-4-3-5-7-13/h3-7,14H,2,8-12H2,1H3,(H,17,19). The van der Waals surface area contributed by atoms with Gasteiger partial charge in [0.2, 0.25) is 5.91 Å². The molecule has 0 spiro atoms. The molecule has 0 saturated carbocycles. The minimum absolute atomic E-state index is 0.121. The molecule has 1 aliphatic rings. The molecule has 0 radical (unpaired) electrons. The van der Waals surface area contributed by atoms with Crippen molar-refractivity contribution in [3.63, 3.8) is 0 Å². The van der Waals surface area contributed by atoms with E-state index in [-0.39, 0.29) is 18.4 Å². The second-order valence-electron chi connectivity index (χ2n) is 5.26. The molecule has 1 amide bonds. The highest BCUT2D eigenvalue weighted by atomic mass is 16.5. The van der Waals surface area contributed by atoms with Crippen LogP contribution >= 0.6 is 0 Å². The lowest BCUT2D eigenvalue weighted by Gasteiger charge is -2.16. The van der Waals surface area contributed by atoms with Crippen LogP contribution in [0.1, 0.15) is 25.3 Å². The first kappa shape index (κ1) is 15.5. The van der Waals surface area contributed by atoms with Gasteiger partial charge in [-0.25, -0.2) is 0 Å². The highest BCUT2D eigenvalue weighted by Crippen LogP contribution is 2.13. The van der Waals surface area contributed by atoms with Crippen LogP contribution in [0, 0.1) is 0 Å². The largest absolute Gasteiger partial charge is 0.466 e. The van der Waals surface area contributed by atoms with Gasteiger partial charge in [-0.2, -0.15) is 0 Å². The Labute approximate surface area is 125 Å². The van der Waals surface area contributed by atoms with Crippen molar-refractivity contribution in [1.29, 1.82) is 0 Å². The number of benzene rings is 1. The third-order valence-electron chi connectivity index (χ3n) is 3.50. The molecule has 0 aromatic heterocycles. The average molecular weight is 290 g/mol. The van der Waals surface area contributed by atoms with Crippen LogP contribution in [0.25, 0.3) is 0 Å². The average Bonchev–Trinajstić information content (AvgIpc) is 2.87. The highest BCUT2D eigenvalue weighted by Gasteiger charge is 2.24. The van der Waals surface area contributed by atoms with Gasteiger partial charge < -0.3 is 10.1 Å². The molecule has 1 aromatic carbocycles. The predicted octanol–water partition coefficient (Wildman–Crippen LogP) is 1.33. The fraction of sp³-hybridized carbons (Fsp3) is 0.500. The van der Waals surface area contributed by atoms with Crippen LogP contribution in [0.15, 0.2) is 30.3 Å². The van der Waals surface area contributed by atoms with Gasteiger partial charge in [0, 0.05) is 25.7 Å². The number of nitrogens with one attached hydrogen (secondary N) is 1. The zero-order chi connectivity index (χ0) is 15.1. The third-order valence-corrected chi connectivity index (χ3v) is 3.50. The quantitative estimate of drug-likeness (QED) is 0.634. The van der Waals surface area contributed by atoms with Crippen LogP contribution in [0.5, 0.6) is 0 Å². The van der Waals surface area contributed by atoms with Crippen molar-refractivity contribution in [2.75, 3.05) is 19.7 Å². The van der Waals surface area contributed by atoms with E-state index in [9.17, 15) is 9.59 Å². The van der Waals surface area contributed by atoms with Crippen LogP contribution in [-0.4, -0.2) is 42.5 Å². The fourth-order valence-corrected chi connectivity index (χ4v) is 2.56. The van der Waals surface area contributed by atoms with E-state index in [1.807, 2.05) is 18.2 Å². The Kier molecular flexibility index (Phi) is 5.75. The SMILES string of the molecule is CCOC(=O)CC(=O)NC1CCN(Cc2ccccc2)C1. The first-order chi connectivity index (χ1) is 10.2. The summed E-state index contributed by atoms with van der Waals surface area (Å²) in [6, 6.07) is 10.4. The van der Waals surface area contributed by atoms with Crippen molar-refractivity contribution < 1.29 is 14.3 Å². The van der Waals surface area contributed by atoms with Crippen LogP contribution in [0.3, 0.4) is 0 Å². The van der Waals surface area contributed by atoms with E-state index in [0.717, 1.165) is 26.1 Å². The van der Waals surface area contributed by atoms with Gasteiger partial charge in [-0.05, 0) is 18.9 Å². The molecule has 1 N–H and O–H groups in total.